The molecule has 4 rings (SSSR count). The molecule has 1 saturated heterocycles. The molecule has 0 bridgehead atoms. The summed E-state index contributed by atoms with van der Waals surface area (Å²) in [6.45, 7) is 2.96. The van der Waals surface area contributed by atoms with Crippen molar-refractivity contribution in [3.05, 3.63) is 48.8 Å². The maximum absolute atomic E-state index is 4.35. The number of hydrogen-bond donors (Lipinski definition) is 0. The van der Waals surface area contributed by atoms with Crippen molar-refractivity contribution >= 4 is 11.5 Å². The molecule has 0 spiro atoms. The lowest BCUT2D eigenvalue weighted by Crippen LogP contribution is -2.43. The van der Waals surface area contributed by atoms with Crippen LogP contribution in [-0.4, -0.2) is 55.6 Å². The summed E-state index contributed by atoms with van der Waals surface area (Å²) in [6.07, 6.45) is 7.68. The molecule has 124 valence electrons. The highest BCUT2D eigenvalue weighted by Gasteiger charge is 2.24. The average Bonchev–Trinajstić information content (AvgIpc) is 3.06. The molecular formula is C17H21N7. The second-order valence-corrected chi connectivity index (χ2v) is 6.23. The third-order valence-electron chi connectivity index (χ3n) is 4.78. The number of nitrogens with zero attached hydrogens (tertiary/aromatic N) is 7. The van der Waals surface area contributed by atoms with Crippen LogP contribution in [0, 0.1) is 0 Å². The lowest BCUT2D eigenvalue weighted by molar-refractivity contribution is 0.198. The molecule has 0 atom stereocenters. The van der Waals surface area contributed by atoms with Crippen molar-refractivity contribution in [1.29, 1.82) is 0 Å². The minimum absolute atomic E-state index is 0.520. The fourth-order valence-corrected chi connectivity index (χ4v) is 3.34. The zero-order chi connectivity index (χ0) is 16.4. The van der Waals surface area contributed by atoms with Crippen LogP contribution in [0.2, 0.25) is 0 Å². The van der Waals surface area contributed by atoms with E-state index in [0.29, 0.717) is 6.04 Å². The second-order valence-electron chi connectivity index (χ2n) is 6.23. The van der Waals surface area contributed by atoms with E-state index in [9.17, 15) is 0 Å². The first-order valence-corrected chi connectivity index (χ1v) is 8.31. The van der Waals surface area contributed by atoms with Crippen LogP contribution in [0.15, 0.2) is 43.0 Å². The van der Waals surface area contributed by atoms with E-state index < -0.39 is 0 Å². The fraction of sp³-hybridized carbons (Fsp3) is 0.412. The van der Waals surface area contributed by atoms with Crippen molar-refractivity contribution in [3.8, 4) is 0 Å². The summed E-state index contributed by atoms with van der Waals surface area (Å²) in [7, 11) is 2.12. The number of piperidine rings is 1. The standard InChI is InChI=1S/C17H21N7/c1-22(15-5-8-18-13-19-15)14-6-10-23(11-7-14)12-17-21-20-16-4-2-3-9-24(16)17/h2-5,8-9,13-14H,6-7,10-12H2,1H3. The van der Waals surface area contributed by atoms with E-state index in [1.54, 1.807) is 12.5 Å². The van der Waals surface area contributed by atoms with Gasteiger partial charge in [-0.3, -0.25) is 9.30 Å². The Bertz CT molecular complexity index is 793. The Morgan fingerprint density at radius 3 is 2.83 bits per heavy atom. The first-order chi connectivity index (χ1) is 11.8. The summed E-state index contributed by atoms with van der Waals surface area (Å²) in [4.78, 5) is 13.1. The van der Waals surface area contributed by atoms with Crippen LogP contribution in [0.3, 0.4) is 0 Å². The summed E-state index contributed by atoms with van der Waals surface area (Å²) in [5.41, 5.74) is 0.908. The van der Waals surface area contributed by atoms with Crippen molar-refractivity contribution in [2.24, 2.45) is 0 Å². The van der Waals surface area contributed by atoms with Crippen molar-refractivity contribution in [2.45, 2.75) is 25.4 Å². The smallest absolute Gasteiger partial charge is 0.160 e. The number of aromatic nitrogens is 5. The predicted molar refractivity (Wildman–Crippen MR) is 91.7 cm³/mol. The summed E-state index contributed by atoms with van der Waals surface area (Å²) in [5.74, 6) is 2.00. The molecule has 0 amide bonds. The van der Waals surface area contributed by atoms with Gasteiger partial charge in [-0.2, -0.15) is 0 Å². The number of rotatable bonds is 4. The zero-order valence-corrected chi connectivity index (χ0v) is 13.8. The monoisotopic (exact) mass is 323 g/mol. The SMILES string of the molecule is CN(c1ccncn1)C1CCN(Cc2nnc3ccccn23)CC1. The third-order valence-corrected chi connectivity index (χ3v) is 4.78. The lowest BCUT2D eigenvalue weighted by atomic mass is 10.0. The maximum Gasteiger partial charge on any atom is 0.160 e. The Balaban J connectivity index is 1.38. The summed E-state index contributed by atoms with van der Waals surface area (Å²) < 4.78 is 2.07. The van der Waals surface area contributed by atoms with Gasteiger partial charge < -0.3 is 4.90 Å². The Morgan fingerprint density at radius 2 is 2.04 bits per heavy atom. The van der Waals surface area contributed by atoms with Gasteiger partial charge >= 0.3 is 0 Å². The van der Waals surface area contributed by atoms with Gasteiger partial charge in [0.15, 0.2) is 11.5 Å². The number of fused-ring (bicyclic) bond motifs is 1. The summed E-state index contributed by atoms with van der Waals surface area (Å²) >= 11 is 0. The molecule has 7 nitrogen and oxygen atoms in total. The second kappa shape index (κ2) is 6.52. The van der Waals surface area contributed by atoms with Crippen LogP contribution in [0.1, 0.15) is 18.7 Å². The highest BCUT2D eigenvalue weighted by atomic mass is 15.3. The maximum atomic E-state index is 4.35. The molecule has 0 radical (unpaired) electrons. The number of pyridine rings is 1. The van der Waals surface area contributed by atoms with Crippen LogP contribution in [-0.2, 0) is 6.54 Å². The van der Waals surface area contributed by atoms with Crippen LogP contribution in [0.4, 0.5) is 5.82 Å². The normalized spacial score (nSPS) is 16.5. The predicted octanol–water partition coefficient (Wildman–Crippen LogP) is 1.62. The van der Waals surface area contributed by atoms with Gasteiger partial charge in [0.05, 0.1) is 6.54 Å². The molecule has 0 aliphatic carbocycles. The topological polar surface area (TPSA) is 62.5 Å². The van der Waals surface area contributed by atoms with E-state index >= 15 is 0 Å². The van der Waals surface area contributed by atoms with Crippen LogP contribution >= 0.6 is 0 Å². The van der Waals surface area contributed by atoms with Crippen molar-refractivity contribution < 1.29 is 0 Å². The molecule has 0 aromatic carbocycles. The molecule has 3 aromatic heterocycles. The molecule has 4 heterocycles. The molecule has 1 aliphatic rings. The quantitative estimate of drug-likeness (QED) is 0.727. The van der Waals surface area contributed by atoms with Crippen LogP contribution in [0.25, 0.3) is 5.65 Å². The van der Waals surface area contributed by atoms with E-state index in [4.69, 9.17) is 0 Å². The van der Waals surface area contributed by atoms with E-state index in [1.807, 2.05) is 30.5 Å². The number of anilines is 1. The lowest BCUT2D eigenvalue weighted by Gasteiger charge is -2.36. The van der Waals surface area contributed by atoms with Crippen molar-refractivity contribution in [2.75, 3.05) is 25.0 Å². The molecule has 7 heteroatoms. The van der Waals surface area contributed by atoms with Crippen molar-refractivity contribution in [3.63, 3.8) is 0 Å². The molecule has 24 heavy (non-hydrogen) atoms. The Morgan fingerprint density at radius 1 is 1.17 bits per heavy atom. The highest BCUT2D eigenvalue weighted by Crippen LogP contribution is 2.21. The third kappa shape index (κ3) is 2.94. The van der Waals surface area contributed by atoms with Gasteiger partial charge in [0, 0.05) is 38.6 Å². The Hall–Kier alpha value is -2.54. The number of likely N-dealkylation sites (tertiary alicyclic amines) is 1. The van der Waals surface area contributed by atoms with Gasteiger partial charge in [0.1, 0.15) is 12.1 Å². The highest BCUT2D eigenvalue weighted by molar-refractivity contribution is 5.37. The van der Waals surface area contributed by atoms with E-state index in [1.165, 1.54) is 0 Å². The molecule has 0 N–H and O–H groups in total. The van der Waals surface area contributed by atoms with Gasteiger partial charge in [-0.25, -0.2) is 9.97 Å². The van der Waals surface area contributed by atoms with E-state index in [0.717, 1.165) is 49.8 Å². The minimum Gasteiger partial charge on any atom is -0.356 e. The Kier molecular flexibility index (Phi) is 4.08. The first-order valence-electron chi connectivity index (χ1n) is 8.31. The van der Waals surface area contributed by atoms with Gasteiger partial charge in [0.25, 0.3) is 0 Å². The van der Waals surface area contributed by atoms with Gasteiger partial charge in [0.2, 0.25) is 0 Å². The van der Waals surface area contributed by atoms with Gasteiger partial charge in [-0.15, -0.1) is 10.2 Å². The van der Waals surface area contributed by atoms with E-state index in [-0.39, 0.29) is 0 Å². The van der Waals surface area contributed by atoms with Crippen LogP contribution < -0.4 is 4.90 Å². The van der Waals surface area contributed by atoms with E-state index in [2.05, 4.69) is 41.4 Å². The molecular weight excluding hydrogens is 302 g/mol. The largest absolute Gasteiger partial charge is 0.356 e. The fourth-order valence-electron chi connectivity index (χ4n) is 3.34. The van der Waals surface area contributed by atoms with Crippen LogP contribution in [0.5, 0.6) is 0 Å². The Labute approximate surface area is 141 Å². The van der Waals surface area contributed by atoms with Gasteiger partial charge in [-0.05, 0) is 31.0 Å². The zero-order valence-electron chi connectivity index (χ0n) is 13.8. The summed E-state index contributed by atoms with van der Waals surface area (Å²) in [6, 6.07) is 8.48. The molecule has 0 unspecified atom stereocenters. The van der Waals surface area contributed by atoms with Crippen molar-refractivity contribution in [1.82, 2.24) is 29.5 Å². The number of hydrogen-bond acceptors (Lipinski definition) is 6. The molecule has 1 aliphatic heterocycles. The average molecular weight is 323 g/mol. The minimum atomic E-state index is 0.520. The molecule has 3 aromatic rings. The molecule has 0 saturated carbocycles. The first kappa shape index (κ1) is 15.0. The molecule has 1 fully saturated rings. The van der Waals surface area contributed by atoms with Gasteiger partial charge in [-0.1, -0.05) is 6.07 Å². The summed E-state index contributed by atoms with van der Waals surface area (Å²) in [5, 5.41) is 8.57.